The van der Waals surface area contributed by atoms with Crippen molar-refractivity contribution in [2.75, 3.05) is 18.0 Å². The third-order valence-corrected chi connectivity index (χ3v) is 4.78. The Bertz CT molecular complexity index is 568. The highest BCUT2D eigenvalue weighted by Crippen LogP contribution is 2.27. The molecular weight excluding hydrogens is 324 g/mol. The monoisotopic (exact) mass is 344 g/mol. The van der Waals surface area contributed by atoms with E-state index in [0.29, 0.717) is 12.1 Å². The van der Waals surface area contributed by atoms with Crippen LogP contribution in [0.5, 0.6) is 0 Å². The molecule has 1 fully saturated rings. The van der Waals surface area contributed by atoms with Gasteiger partial charge in [0, 0.05) is 35.3 Å². The molecule has 0 bridgehead atoms. The molecule has 110 valence electrons. The van der Waals surface area contributed by atoms with Crippen LogP contribution in [0.4, 0.5) is 5.69 Å². The molecule has 0 radical (unpaired) electrons. The molecule has 2 aromatic carbocycles. The fourth-order valence-electron chi connectivity index (χ4n) is 3.02. The van der Waals surface area contributed by atoms with E-state index in [0.717, 1.165) is 24.0 Å². The minimum atomic E-state index is 0.401. The molecule has 1 saturated heterocycles. The third kappa shape index (κ3) is 3.30. The molecule has 2 nitrogen and oxygen atoms in total. The van der Waals surface area contributed by atoms with E-state index in [2.05, 4.69) is 87.7 Å². The lowest BCUT2D eigenvalue weighted by atomic mass is 10.00. The number of benzene rings is 2. The summed E-state index contributed by atoms with van der Waals surface area (Å²) in [5.41, 5.74) is 2.68. The molecule has 0 amide bonds. The van der Waals surface area contributed by atoms with Gasteiger partial charge in [0.15, 0.2) is 0 Å². The molecule has 0 saturated carbocycles. The maximum atomic E-state index is 3.70. The van der Waals surface area contributed by atoms with E-state index in [4.69, 9.17) is 0 Å². The summed E-state index contributed by atoms with van der Waals surface area (Å²) >= 11 is 3.52. The van der Waals surface area contributed by atoms with Crippen LogP contribution in [0.3, 0.4) is 0 Å². The van der Waals surface area contributed by atoms with Gasteiger partial charge in [0.05, 0.1) is 0 Å². The Balaban J connectivity index is 1.83. The fourth-order valence-corrected chi connectivity index (χ4v) is 3.29. The highest BCUT2D eigenvalue weighted by atomic mass is 79.9. The lowest BCUT2D eigenvalue weighted by molar-refractivity contribution is 0.393. The maximum absolute atomic E-state index is 3.70. The first kappa shape index (κ1) is 14.6. The zero-order valence-corrected chi connectivity index (χ0v) is 13.9. The Morgan fingerprint density at radius 2 is 1.81 bits per heavy atom. The van der Waals surface area contributed by atoms with Crippen molar-refractivity contribution in [2.45, 2.75) is 25.4 Å². The van der Waals surface area contributed by atoms with E-state index in [1.807, 2.05) is 0 Å². The van der Waals surface area contributed by atoms with E-state index in [-0.39, 0.29) is 0 Å². The zero-order valence-electron chi connectivity index (χ0n) is 12.3. The molecule has 0 aliphatic carbocycles. The number of halogens is 1. The van der Waals surface area contributed by atoms with E-state index in [9.17, 15) is 0 Å². The summed E-state index contributed by atoms with van der Waals surface area (Å²) in [7, 11) is 0. The van der Waals surface area contributed by atoms with Crippen LogP contribution in [-0.2, 0) is 0 Å². The summed E-state index contributed by atoms with van der Waals surface area (Å²) in [5.74, 6) is 0. The van der Waals surface area contributed by atoms with Crippen molar-refractivity contribution >= 4 is 21.6 Å². The first-order valence-corrected chi connectivity index (χ1v) is 8.37. The van der Waals surface area contributed by atoms with Crippen molar-refractivity contribution in [3.8, 4) is 0 Å². The van der Waals surface area contributed by atoms with Crippen molar-refractivity contribution in [1.29, 1.82) is 0 Å². The molecule has 0 aromatic heterocycles. The van der Waals surface area contributed by atoms with Crippen LogP contribution in [0, 0.1) is 0 Å². The molecule has 2 aromatic rings. The second-order valence-electron chi connectivity index (χ2n) is 5.56. The SMILES string of the molecule is CCC1CNC(c2ccccc2)CN1c1ccc(Br)cc1. The Morgan fingerprint density at radius 3 is 2.48 bits per heavy atom. The minimum absolute atomic E-state index is 0.401. The summed E-state index contributed by atoms with van der Waals surface area (Å²) in [6, 6.07) is 20.4. The van der Waals surface area contributed by atoms with Gasteiger partial charge in [-0.3, -0.25) is 0 Å². The second kappa shape index (κ2) is 6.63. The standard InChI is InChI=1S/C18H21BrN2/c1-2-16-12-20-18(14-6-4-3-5-7-14)13-21(16)17-10-8-15(19)9-11-17/h3-11,16,18,20H,2,12-13H2,1H3. The first-order chi connectivity index (χ1) is 10.3. The van der Waals surface area contributed by atoms with Gasteiger partial charge in [-0.2, -0.15) is 0 Å². The Hall–Kier alpha value is -1.32. The van der Waals surface area contributed by atoms with Crippen molar-refractivity contribution in [3.05, 3.63) is 64.6 Å². The number of piperazine rings is 1. The van der Waals surface area contributed by atoms with E-state index < -0.39 is 0 Å². The molecule has 3 heteroatoms. The smallest absolute Gasteiger partial charge is 0.0499 e. The van der Waals surface area contributed by atoms with Crippen molar-refractivity contribution < 1.29 is 0 Å². The Kier molecular flexibility index (Phi) is 4.61. The lowest BCUT2D eigenvalue weighted by Crippen LogP contribution is -2.52. The van der Waals surface area contributed by atoms with Gasteiger partial charge in [0.2, 0.25) is 0 Å². The number of hydrogen-bond acceptors (Lipinski definition) is 2. The molecule has 21 heavy (non-hydrogen) atoms. The Labute approximate surface area is 135 Å². The molecule has 1 N–H and O–H groups in total. The molecule has 0 spiro atoms. The van der Waals surface area contributed by atoms with Crippen LogP contribution in [0.2, 0.25) is 0 Å². The van der Waals surface area contributed by atoms with E-state index in [1.54, 1.807) is 0 Å². The summed E-state index contributed by atoms with van der Waals surface area (Å²) in [6.45, 7) is 4.32. The molecule has 1 aliphatic rings. The van der Waals surface area contributed by atoms with Gasteiger partial charge in [0.1, 0.15) is 0 Å². The average molecular weight is 345 g/mol. The summed E-state index contributed by atoms with van der Waals surface area (Å²) in [4.78, 5) is 2.54. The maximum Gasteiger partial charge on any atom is 0.0499 e. The van der Waals surface area contributed by atoms with Gasteiger partial charge in [-0.15, -0.1) is 0 Å². The van der Waals surface area contributed by atoms with Crippen LogP contribution >= 0.6 is 15.9 Å². The minimum Gasteiger partial charge on any atom is -0.365 e. The van der Waals surface area contributed by atoms with Gasteiger partial charge in [-0.25, -0.2) is 0 Å². The Morgan fingerprint density at radius 1 is 1.10 bits per heavy atom. The lowest BCUT2D eigenvalue weighted by Gasteiger charge is -2.42. The normalized spacial score (nSPS) is 22.3. The van der Waals surface area contributed by atoms with Crippen molar-refractivity contribution in [2.24, 2.45) is 0 Å². The van der Waals surface area contributed by atoms with Gasteiger partial charge >= 0.3 is 0 Å². The quantitative estimate of drug-likeness (QED) is 0.888. The number of anilines is 1. The molecule has 2 unspecified atom stereocenters. The van der Waals surface area contributed by atoms with E-state index in [1.165, 1.54) is 11.3 Å². The van der Waals surface area contributed by atoms with Gasteiger partial charge in [0.25, 0.3) is 0 Å². The van der Waals surface area contributed by atoms with Crippen LogP contribution in [0.25, 0.3) is 0 Å². The number of nitrogens with zero attached hydrogens (tertiary/aromatic N) is 1. The van der Waals surface area contributed by atoms with Gasteiger partial charge in [-0.05, 0) is 36.2 Å². The summed E-state index contributed by atoms with van der Waals surface area (Å²) < 4.78 is 1.13. The highest BCUT2D eigenvalue weighted by Gasteiger charge is 2.27. The first-order valence-electron chi connectivity index (χ1n) is 7.58. The van der Waals surface area contributed by atoms with Crippen LogP contribution < -0.4 is 10.2 Å². The molecule has 2 atom stereocenters. The molecule has 1 aliphatic heterocycles. The average Bonchev–Trinajstić information content (AvgIpc) is 2.56. The number of nitrogens with one attached hydrogen (secondary N) is 1. The van der Waals surface area contributed by atoms with Crippen LogP contribution in [-0.4, -0.2) is 19.1 Å². The predicted molar refractivity (Wildman–Crippen MR) is 92.8 cm³/mol. The van der Waals surface area contributed by atoms with Gasteiger partial charge in [-0.1, -0.05) is 53.2 Å². The highest BCUT2D eigenvalue weighted by molar-refractivity contribution is 9.10. The van der Waals surface area contributed by atoms with E-state index >= 15 is 0 Å². The zero-order chi connectivity index (χ0) is 14.7. The van der Waals surface area contributed by atoms with Gasteiger partial charge < -0.3 is 10.2 Å². The number of hydrogen-bond donors (Lipinski definition) is 1. The second-order valence-corrected chi connectivity index (χ2v) is 6.48. The molecule has 1 heterocycles. The molecule has 3 rings (SSSR count). The van der Waals surface area contributed by atoms with Crippen LogP contribution in [0.1, 0.15) is 24.9 Å². The fraction of sp³-hybridized carbons (Fsp3) is 0.333. The largest absolute Gasteiger partial charge is 0.365 e. The molecular formula is C18H21BrN2. The topological polar surface area (TPSA) is 15.3 Å². The summed E-state index contributed by atoms with van der Waals surface area (Å²) in [6.07, 6.45) is 1.16. The van der Waals surface area contributed by atoms with Crippen molar-refractivity contribution in [3.63, 3.8) is 0 Å². The van der Waals surface area contributed by atoms with Crippen LogP contribution in [0.15, 0.2) is 59.1 Å². The number of rotatable bonds is 3. The third-order valence-electron chi connectivity index (χ3n) is 4.25. The predicted octanol–water partition coefficient (Wildman–Crippen LogP) is 4.38. The van der Waals surface area contributed by atoms with Crippen molar-refractivity contribution in [1.82, 2.24) is 5.32 Å². The summed E-state index contributed by atoms with van der Waals surface area (Å²) in [5, 5.41) is 3.70.